The predicted octanol–water partition coefficient (Wildman–Crippen LogP) is 4.42. The second kappa shape index (κ2) is 5.56. The summed E-state index contributed by atoms with van der Waals surface area (Å²) in [5.41, 5.74) is 0.514. The Labute approximate surface area is 133 Å². The van der Waals surface area contributed by atoms with E-state index in [1.807, 2.05) is 0 Å². The number of hydrogen-bond donors (Lipinski definition) is 0. The third-order valence-corrected chi connectivity index (χ3v) is 3.29. The van der Waals surface area contributed by atoms with E-state index in [4.69, 9.17) is 0 Å². The van der Waals surface area contributed by atoms with Gasteiger partial charge in [-0.05, 0) is 56.1 Å². The number of aromatic nitrogens is 3. The van der Waals surface area contributed by atoms with Crippen LogP contribution >= 0.6 is 31.9 Å². The monoisotopic (exact) mass is 431 g/mol. The Morgan fingerprint density at radius 1 is 1.10 bits per heavy atom. The number of alkyl halides is 4. The zero-order valence-corrected chi connectivity index (χ0v) is 13.5. The molecule has 0 fully saturated rings. The Hall–Kier alpha value is -1.16. The molecule has 1 aromatic heterocycles. The van der Waals surface area contributed by atoms with E-state index in [1.54, 1.807) is 0 Å². The van der Waals surface area contributed by atoms with Crippen LogP contribution in [-0.4, -0.2) is 26.8 Å². The van der Waals surface area contributed by atoms with E-state index >= 15 is 0 Å². The summed E-state index contributed by atoms with van der Waals surface area (Å²) < 4.78 is 57.0. The maximum Gasteiger partial charge on any atom is 0.459 e. The molecule has 0 spiro atoms. The molecule has 1 atom stereocenters. The largest absolute Gasteiger partial charge is 0.459 e. The van der Waals surface area contributed by atoms with Crippen molar-refractivity contribution in [3.05, 3.63) is 33.7 Å². The average Bonchev–Trinajstić information content (AvgIpc) is 2.67. The van der Waals surface area contributed by atoms with Crippen LogP contribution in [0, 0.1) is 0 Å². The van der Waals surface area contributed by atoms with Gasteiger partial charge in [0.2, 0.25) is 9.47 Å². The molecular formula is C11H7Br2F4N3O. The summed E-state index contributed by atoms with van der Waals surface area (Å²) in [6, 6.07) is 5.27. The minimum atomic E-state index is -5.12. The van der Waals surface area contributed by atoms with Crippen molar-refractivity contribution in [3.63, 3.8) is 0 Å². The van der Waals surface area contributed by atoms with Gasteiger partial charge in [0.25, 0.3) is 0 Å². The van der Waals surface area contributed by atoms with Gasteiger partial charge in [-0.25, -0.2) is 4.68 Å². The number of rotatable bonds is 3. The van der Waals surface area contributed by atoms with Gasteiger partial charge in [-0.15, -0.1) is 5.10 Å². The molecule has 2 aromatic rings. The molecule has 0 bridgehead atoms. The van der Waals surface area contributed by atoms with Crippen LogP contribution in [0.3, 0.4) is 0 Å². The highest BCUT2D eigenvalue weighted by atomic mass is 79.9. The van der Waals surface area contributed by atoms with Crippen molar-refractivity contribution in [2.45, 2.75) is 19.0 Å². The molecule has 114 valence electrons. The summed E-state index contributed by atoms with van der Waals surface area (Å²) in [7, 11) is 0. The predicted molar refractivity (Wildman–Crippen MR) is 73.0 cm³/mol. The number of benzene rings is 1. The van der Waals surface area contributed by atoms with Crippen molar-refractivity contribution in [1.82, 2.24) is 14.8 Å². The minimum Gasteiger partial charge on any atom is -0.450 e. The van der Waals surface area contributed by atoms with Gasteiger partial charge in [-0.2, -0.15) is 22.5 Å². The highest BCUT2D eigenvalue weighted by Gasteiger charge is 2.55. The molecule has 21 heavy (non-hydrogen) atoms. The molecule has 0 aliphatic rings. The van der Waals surface area contributed by atoms with E-state index in [0.29, 0.717) is 22.1 Å². The first-order valence-corrected chi connectivity index (χ1v) is 7.02. The van der Waals surface area contributed by atoms with Crippen LogP contribution < -0.4 is 4.74 Å². The fraction of sp³-hybridized carbons (Fsp3) is 0.273. The first-order valence-electron chi connectivity index (χ1n) is 5.43. The number of halogens is 6. The Morgan fingerprint density at radius 2 is 1.67 bits per heavy atom. The van der Waals surface area contributed by atoms with E-state index in [9.17, 15) is 17.6 Å². The normalized spacial score (nSPS) is 14.8. The topological polar surface area (TPSA) is 39.9 Å². The molecule has 0 radical (unpaired) electrons. The van der Waals surface area contributed by atoms with Crippen molar-refractivity contribution >= 4 is 31.9 Å². The van der Waals surface area contributed by atoms with Crippen molar-refractivity contribution in [1.29, 1.82) is 0 Å². The SMILES string of the molecule is CC(F)(Oc1ccc(-n2nc(Br)nc2Br)cc1)C(F)(F)F. The van der Waals surface area contributed by atoms with Crippen LogP contribution in [0.4, 0.5) is 17.6 Å². The number of nitrogens with zero attached hydrogens (tertiary/aromatic N) is 3. The molecule has 0 saturated heterocycles. The van der Waals surface area contributed by atoms with Crippen LogP contribution in [0.1, 0.15) is 6.92 Å². The zero-order valence-electron chi connectivity index (χ0n) is 10.3. The molecule has 10 heteroatoms. The molecule has 1 heterocycles. The Morgan fingerprint density at radius 3 is 2.10 bits per heavy atom. The zero-order chi connectivity index (χ0) is 15.8. The van der Waals surface area contributed by atoms with E-state index in [1.165, 1.54) is 28.9 Å². The van der Waals surface area contributed by atoms with Gasteiger partial charge < -0.3 is 4.74 Å². The molecular weight excluding hydrogens is 426 g/mol. The second-order valence-electron chi connectivity index (χ2n) is 4.07. The van der Waals surface area contributed by atoms with E-state index in [2.05, 4.69) is 46.7 Å². The molecule has 0 saturated carbocycles. The van der Waals surface area contributed by atoms with E-state index in [0.717, 1.165) is 0 Å². The fourth-order valence-electron chi connectivity index (χ4n) is 1.37. The molecule has 0 aliphatic heterocycles. The smallest absolute Gasteiger partial charge is 0.450 e. The van der Waals surface area contributed by atoms with Gasteiger partial charge in [0, 0.05) is 6.92 Å². The summed E-state index contributed by atoms with van der Waals surface area (Å²) in [6.07, 6.45) is -5.12. The Bertz CT molecular complexity index is 640. The Balaban J connectivity index is 2.22. The molecule has 4 nitrogen and oxygen atoms in total. The highest BCUT2D eigenvalue weighted by Crippen LogP contribution is 2.35. The van der Waals surface area contributed by atoms with Crippen LogP contribution in [-0.2, 0) is 0 Å². The lowest BCUT2D eigenvalue weighted by Crippen LogP contribution is -2.43. The van der Waals surface area contributed by atoms with Crippen LogP contribution in [0.15, 0.2) is 33.7 Å². The quantitative estimate of drug-likeness (QED) is 0.674. The summed E-state index contributed by atoms with van der Waals surface area (Å²) in [5, 5.41) is 4.00. The third-order valence-electron chi connectivity index (χ3n) is 2.44. The fourth-order valence-corrected chi connectivity index (χ4v) is 2.38. The molecule has 1 aromatic carbocycles. The van der Waals surface area contributed by atoms with Gasteiger partial charge in [0.05, 0.1) is 5.69 Å². The molecule has 0 amide bonds. The average molecular weight is 433 g/mol. The van der Waals surface area contributed by atoms with Crippen molar-refractivity contribution in [3.8, 4) is 11.4 Å². The molecule has 0 N–H and O–H groups in total. The highest BCUT2D eigenvalue weighted by molar-refractivity contribution is 9.11. The minimum absolute atomic E-state index is 0.253. The van der Waals surface area contributed by atoms with Crippen LogP contribution in [0.25, 0.3) is 5.69 Å². The first-order chi connectivity index (χ1) is 9.60. The van der Waals surface area contributed by atoms with Crippen LogP contribution in [0.5, 0.6) is 5.75 Å². The standard InChI is InChI=1S/C11H7Br2F4N3O/c1-10(14,11(15,16)17)21-7-4-2-6(3-5-7)20-9(13)18-8(12)19-20/h2-5H,1H3. The lowest BCUT2D eigenvalue weighted by molar-refractivity contribution is -0.293. The van der Waals surface area contributed by atoms with Gasteiger partial charge in [0.15, 0.2) is 0 Å². The summed E-state index contributed by atoms with van der Waals surface area (Å²) >= 11 is 6.25. The van der Waals surface area contributed by atoms with Crippen molar-refractivity contribution in [2.75, 3.05) is 0 Å². The van der Waals surface area contributed by atoms with Gasteiger partial charge in [-0.3, -0.25) is 0 Å². The van der Waals surface area contributed by atoms with Crippen LogP contribution in [0.2, 0.25) is 0 Å². The van der Waals surface area contributed by atoms with Gasteiger partial charge >= 0.3 is 12.0 Å². The summed E-state index contributed by atoms with van der Waals surface area (Å²) in [5.74, 6) is -4.01. The maximum absolute atomic E-state index is 13.4. The van der Waals surface area contributed by atoms with E-state index < -0.39 is 12.0 Å². The molecule has 2 rings (SSSR count). The maximum atomic E-state index is 13.4. The lowest BCUT2D eigenvalue weighted by Gasteiger charge is -2.24. The summed E-state index contributed by atoms with van der Waals surface area (Å²) in [4.78, 5) is 3.95. The summed E-state index contributed by atoms with van der Waals surface area (Å²) in [6.45, 7) is 0.312. The molecule has 0 aliphatic carbocycles. The van der Waals surface area contributed by atoms with Crippen molar-refractivity contribution in [2.24, 2.45) is 0 Å². The van der Waals surface area contributed by atoms with E-state index in [-0.39, 0.29) is 5.75 Å². The lowest BCUT2D eigenvalue weighted by atomic mass is 10.3. The number of ether oxygens (including phenoxy) is 1. The third kappa shape index (κ3) is 3.54. The second-order valence-corrected chi connectivity index (χ2v) is 5.49. The van der Waals surface area contributed by atoms with Crippen molar-refractivity contribution < 1.29 is 22.3 Å². The first kappa shape index (κ1) is 16.2. The Kier molecular flexibility index (Phi) is 4.29. The van der Waals surface area contributed by atoms with Gasteiger partial charge in [0.1, 0.15) is 5.75 Å². The number of hydrogen-bond acceptors (Lipinski definition) is 3. The molecule has 1 unspecified atom stereocenters. The van der Waals surface area contributed by atoms with Gasteiger partial charge in [-0.1, -0.05) is 0 Å².